The molecule has 19 heavy (non-hydrogen) atoms. The molecule has 1 aromatic rings. The average Bonchev–Trinajstić information content (AvgIpc) is 2.87. The number of thioether (sulfide) groups is 1. The van der Waals surface area contributed by atoms with Crippen molar-refractivity contribution in [2.24, 2.45) is 5.10 Å². The van der Waals surface area contributed by atoms with Gasteiger partial charge in [-0.3, -0.25) is 10.2 Å². The van der Waals surface area contributed by atoms with E-state index >= 15 is 0 Å². The second-order valence-corrected chi connectivity index (χ2v) is 5.13. The molecule has 0 spiro atoms. The zero-order chi connectivity index (χ0) is 13.7. The summed E-state index contributed by atoms with van der Waals surface area (Å²) in [6, 6.07) is 7.71. The van der Waals surface area contributed by atoms with Crippen molar-refractivity contribution in [2.45, 2.75) is 25.3 Å². The SMILES string of the molecule is CS[C@H]1NN=C(CCC(=O)Nc2ccc(C)cc2)O1. The number of ether oxygens (including phenoxy) is 1. The van der Waals surface area contributed by atoms with E-state index in [4.69, 9.17) is 4.74 Å². The highest BCUT2D eigenvalue weighted by Crippen LogP contribution is 2.14. The van der Waals surface area contributed by atoms with Gasteiger partial charge in [-0.05, 0) is 25.3 Å². The maximum absolute atomic E-state index is 11.8. The number of aryl methyl sites for hydroxylation is 1. The van der Waals surface area contributed by atoms with Crippen LogP contribution in [0.5, 0.6) is 0 Å². The maximum Gasteiger partial charge on any atom is 0.234 e. The topological polar surface area (TPSA) is 62.7 Å². The number of nitrogens with one attached hydrogen (secondary N) is 2. The number of nitrogens with zero attached hydrogens (tertiary/aromatic N) is 1. The summed E-state index contributed by atoms with van der Waals surface area (Å²) in [5.74, 6) is 0.543. The van der Waals surface area contributed by atoms with E-state index in [1.807, 2.05) is 37.4 Å². The van der Waals surface area contributed by atoms with Gasteiger partial charge in [-0.15, -0.1) is 5.10 Å². The Morgan fingerprint density at radius 1 is 1.47 bits per heavy atom. The number of hydrogen-bond acceptors (Lipinski definition) is 5. The molecule has 0 fully saturated rings. The molecule has 1 heterocycles. The van der Waals surface area contributed by atoms with Crippen LogP contribution >= 0.6 is 11.8 Å². The summed E-state index contributed by atoms with van der Waals surface area (Å²) in [6.45, 7) is 2.01. The average molecular weight is 279 g/mol. The van der Waals surface area contributed by atoms with E-state index in [0.717, 1.165) is 5.69 Å². The normalized spacial score (nSPS) is 17.4. The van der Waals surface area contributed by atoms with E-state index in [9.17, 15) is 4.79 Å². The van der Waals surface area contributed by atoms with Gasteiger partial charge in [-0.1, -0.05) is 29.5 Å². The first kappa shape index (κ1) is 13.7. The summed E-state index contributed by atoms with van der Waals surface area (Å²) in [5, 5.41) is 6.87. The molecule has 5 nitrogen and oxygen atoms in total. The predicted molar refractivity (Wildman–Crippen MR) is 78.0 cm³/mol. The lowest BCUT2D eigenvalue weighted by atomic mass is 10.2. The smallest absolute Gasteiger partial charge is 0.234 e. The molecule has 1 aromatic carbocycles. The molecule has 0 unspecified atom stereocenters. The van der Waals surface area contributed by atoms with Crippen LogP contribution in [-0.2, 0) is 9.53 Å². The molecular weight excluding hydrogens is 262 g/mol. The molecule has 0 aromatic heterocycles. The van der Waals surface area contributed by atoms with Gasteiger partial charge >= 0.3 is 0 Å². The van der Waals surface area contributed by atoms with Gasteiger partial charge < -0.3 is 10.1 Å². The zero-order valence-corrected chi connectivity index (χ0v) is 11.8. The minimum atomic E-state index is -0.129. The second kappa shape index (κ2) is 6.47. The molecule has 0 saturated carbocycles. The molecule has 0 radical (unpaired) electrons. The van der Waals surface area contributed by atoms with Gasteiger partial charge in [0, 0.05) is 18.5 Å². The molecule has 1 amide bonds. The summed E-state index contributed by atoms with van der Waals surface area (Å²) in [6.07, 6.45) is 2.79. The lowest BCUT2D eigenvalue weighted by Crippen LogP contribution is -2.17. The lowest BCUT2D eigenvalue weighted by molar-refractivity contribution is -0.116. The number of benzene rings is 1. The Hall–Kier alpha value is -1.69. The summed E-state index contributed by atoms with van der Waals surface area (Å²) < 4.78 is 5.45. The van der Waals surface area contributed by atoms with E-state index in [-0.39, 0.29) is 11.5 Å². The van der Waals surface area contributed by atoms with Crippen molar-refractivity contribution in [2.75, 3.05) is 11.6 Å². The van der Waals surface area contributed by atoms with Crippen LogP contribution in [0.25, 0.3) is 0 Å². The molecule has 6 heteroatoms. The van der Waals surface area contributed by atoms with Crippen molar-refractivity contribution in [3.63, 3.8) is 0 Å². The third-order valence-electron chi connectivity index (χ3n) is 2.65. The fourth-order valence-corrected chi connectivity index (χ4v) is 1.96. The molecule has 2 rings (SSSR count). The van der Waals surface area contributed by atoms with Crippen LogP contribution in [0, 0.1) is 6.92 Å². The quantitative estimate of drug-likeness (QED) is 0.868. The Morgan fingerprint density at radius 3 is 2.84 bits per heavy atom. The fourth-order valence-electron chi connectivity index (χ4n) is 1.60. The van der Waals surface area contributed by atoms with Crippen molar-refractivity contribution in [1.29, 1.82) is 0 Å². The first-order valence-corrected chi connectivity index (χ1v) is 7.34. The lowest BCUT2D eigenvalue weighted by Gasteiger charge is -2.07. The Morgan fingerprint density at radius 2 is 2.21 bits per heavy atom. The second-order valence-electron chi connectivity index (χ2n) is 4.23. The Labute approximate surface area is 116 Å². The maximum atomic E-state index is 11.8. The number of hydrogen-bond donors (Lipinski definition) is 2. The predicted octanol–water partition coefficient (Wildman–Crippen LogP) is 2.29. The molecule has 0 saturated heterocycles. The van der Waals surface area contributed by atoms with Gasteiger partial charge in [-0.25, -0.2) is 0 Å². The number of anilines is 1. The van der Waals surface area contributed by atoms with E-state index < -0.39 is 0 Å². The number of carbonyl (C=O) groups excluding carboxylic acids is 1. The summed E-state index contributed by atoms with van der Waals surface area (Å²) in [5.41, 5.74) is 4.68. The van der Waals surface area contributed by atoms with Gasteiger partial charge in [0.1, 0.15) is 0 Å². The van der Waals surface area contributed by atoms with Crippen molar-refractivity contribution >= 4 is 29.3 Å². The van der Waals surface area contributed by atoms with Gasteiger partial charge in [0.2, 0.25) is 17.4 Å². The molecule has 2 N–H and O–H groups in total. The van der Waals surface area contributed by atoms with Gasteiger partial charge in [0.15, 0.2) is 0 Å². The van der Waals surface area contributed by atoms with Crippen LogP contribution in [0.1, 0.15) is 18.4 Å². The van der Waals surface area contributed by atoms with Crippen LogP contribution in [0.3, 0.4) is 0 Å². The van der Waals surface area contributed by atoms with Crippen molar-refractivity contribution < 1.29 is 9.53 Å². The number of amides is 1. The van der Waals surface area contributed by atoms with E-state index in [1.54, 1.807) is 0 Å². The monoisotopic (exact) mass is 279 g/mol. The van der Waals surface area contributed by atoms with Gasteiger partial charge in [0.05, 0.1) is 0 Å². The third kappa shape index (κ3) is 4.17. The standard InChI is InChI=1S/C13H17N3O2S/c1-9-3-5-10(6-4-9)14-11(17)7-8-12-15-16-13(18-12)19-2/h3-6,13,16H,7-8H2,1-2H3,(H,14,17)/t13-/m0/s1. The molecular formula is C13H17N3O2S. The first-order chi connectivity index (χ1) is 9.17. The number of hydrazone groups is 1. The summed E-state index contributed by atoms with van der Waals surface area (Å²) in [7, 11) is 0. The van der Waals surface area contributed by atoms with Crippen LogP contribution in [0.2, 0.25) is 0 Å². The molecule has 1 aliphatic rings. The molecule has 102 valence electrons. The molecule has 1 aliphatic heterocycles. The van der Waals surface area contributed by atoms with Crippen LogP contribution in [0.15, 0.2) is 29.4 Å². The van der Waals surface area contributed by atoms with Crippen LogP contribution in [-0.4, -0.2) is 23.6 Å². The zero-order valence-electron chi connectivity index (χ0n) is 11.0. The Bertz CT molecular complexity index is 473. The minimum absolute atomic E-state index is 0.0391. The molecule has 1 atom stereocenters. The highest BCUT2D eigenvalue weighted by Gasteiger charge is 2.18. The van der Waals surface area contributed by atoms with Gasteiger partial charge in [-0.2, -0.15) is 0 Å². The Balaban J connectivity index is 1.75. The largest absolute Gasteiger partial charge is 0.445 e. The van der Waals surface area contributed by atoms with Crippen LogP contribution in [0.4, 0.5) is 5.69 Å². The minimum Gasteiger partial charge on any atom is -0.445 e. The van der Waals surface area contributed by atoms with Gasteiger partial charge in [0.25, 0.3) is 0 Å². The number of rotatable bonds is 5. The fraction of sp³-hybridized carbons (Fsp3) is 0.385. The first-order valence-electron chi connectivity index (χ1n) is 6.05. The molecule has 0 aliphatic carbocycles. The highest BCUT2D eigenvalue weighted by atomic mass is 32.2. The van der Waals surface area contributed by atoms with Crippen LogP contribution < -0.4 is 10.7 Å². The summed E-state index contributed by atoms with van der Waals surface area (Å²) >= 11 is 1.53. The van der Waals surface area contributed by atoms with E-state index in [0.29, 0.717) is 18.7 Å². The van der Waals surface area contributed by atoms with E-state index in [1.165, 1.54) is 17.3 Å². The summed E-state index contributed by atoms with van der Waals surface area (Å²) in [4.78, 5) is 11.8. The highest BCUT2D eigenvalue weighted by molar-refractivity contribution is 7.99. The van der Waals surface area contributed by atoms with Crippen molar-refractivity contribution in [3.05, 3.63) is 29.8 Å². The Kier molecular flexibility index (Phi) is 4.68. The van der Waals surface area contributed by atoms with Crippen molar-refractivity contribution in [3.8, 4) is 0 Å². The molecule has 0 bridgehead atoms. The van der Waals surface area contributed by atoms with Crippen molar-refractivity contribution in [1.82, 2.24) is 5.43 Å². The number of carbonyl (C=O) groups is 1. The van der Waals surface area contributed by atoms with E-state index in [2.05, 4.69) is 15.8 Å². The third-order valence-corrected chi connectivity index (χ3v) is 3.28.